The van der Waals surface area contributed by atoms with Crippen LogP contribution in [0.25, 0.3) is 47.7 Å². The predicted molar refractivity (Wildman–Crippen MR) is 114 cm³/mol. The zero-order valence-electron chi connectivity index (χ0n) is 14.0. The first-order valence-electron chi connectivity index (χ1n) is 8.81. The van der Waals surface area contributed by atoms with E-state index in [4.69, 9.17) is 0 Å². The van der Waals surface area contributed by atoms with Gasteiger partial charge < -0.3 is 4.57 Å². The maximum atomic E-state index is 2.42. The van der Waals surface area contributed by atoms with E-state index in [9.17, 15) is 0 Å². The second kappa shape index (κ2) is 5.20. The van der Waals surface area contributed by atoms with Gasteiger partial charge in [-0.25, -0.2) is 0 Å². The van der Waals surface area contributed by atoms with Crippen molar-refractivity contribution in [3.8, 4) is 5.69 Å². The number of aromatic nitrogens is 1. The van der Waals surface area contributed by atoms with Crippen LogP contribution in [0, 0.1) is 0 Å². The van der Waals surface area contributed by atoms with E-state index in [-0.39, 0.29) is 0 Å². The van der Waals surface area contributed by atoms with Crippen LogP contribution in [0.15, 0.2) is 91.0 Å². The summed E-state index contributed by atoms with van der Waals surface area (Å²) in [4.78, 5) is 0. The Bertz CT molecular complexity index is 1420. The summed E-state index contributed by atoms with van der Waals surface area (Å²) in [7, 11) is 0. The molecule has 0 aliphatic carbocycles. The van der Waals surface area contributed by atoms with E-state index in [1.165, 1.54) is 47.7 Å². The van der Waals surface area contributed by atoms with Crippen molar-refractivity contribution in [3.05, 3.63) is 91.0 Å². The summed E-state index contributed by atoms with van der Waals surface area (Å²) < 4.78 is 5.13. The predicted octanol–water partition coefficient (Wildman–Crippen LogP) is 7.15. The average Bonchev–Trinajstić information content (AvgIpc) is 3.24. The van der Waals surface area contributed by atoms with Crippen LogP contribution in [0.5, 0.6) is 0 Å². The molecule has 0 N–H and O–H groups in total. The zero-order valence-corrected chi connectivity index (χ0v) is 14.8. The van der Waals surface area contributed by atoms with Crippen molar-refractivity contribution in [2.45, 2.75) is 0 Å². The summed E-state index contributed by atoms with van der Waals surface area (Å²) in [6.45, 7) is 0. The van der Waals surface area contributed by atoms with Gasteiger partial charge in [0.1, 0.15) is 0 Å². The minimum atomic E-state index is 1.21. The molecule has 0 aliphatic heterocycles. The monoisotopic (exact) mass is 349 g/mol. The minimum Gasteiger partial charge on any atom is -0.308 e. The molecule has 0 aliphatic rings. The molecule has 0 saturated heterocycles. The summed E-state index contributed by atoms with van der Waals surface area (Å²) in [5.74, 6) is 0. The molecule has 0 atom stereocenters. The number of benzene rings is 4. The Morgan fingerprint density at radius 3 is 2.12 bits per heavy atom. The van der Waals surface area contributed by atoms with Crippen molar-refractivity contribution < 1.29 is 0 Å². The molecule has 2 heterocycles. The van der Waals surface area contributed by atoms with Crippen LogP contribution < -0.4 is 0 Å². The number of thiophene rings is 1. The van der Waals surface area contributed by atoms with Gasteiger partial charge in [-0.2, -0.15) is 0 Å². The fourth-order valence-electron chi connectivity index (χ4n) is 4.08. The summed E-state index contributed by atoms with van der Waals surface area (Å²) in [5, 5.41) is 5.33. The molecule has 26 heavy (non-hydrogen) atoms. The highest BCUT2D eigenvalue weighted by molar-refractivity contribution is 7.26. The van der Waals surface area contributed by atoms with Gasteiger partial charge in [-0.15, -0.1) is 11.3 Å². The Balaban J connectivity index is 1.92. The van der Waals surface area contributed by atoms with Crippen LogP contribution in [0.3, 0.4) is 0 Å². The number of hydrogen-bond donors (Lipinski definition) is 0. The van der Waals surface area contributed by atoms with Gasteiger partial charge >= 0.3 is 0 Å². The molecule has 4 aromatic carbocycles. The molecule has 122 valence electrons. The molecule has 6 aromatic rings. The number of nitrogens with zero attached hydrogens (tertiary/aromatic N) is 1. The van der Waals surface area contributed by atoms with E-state index in [1.54, 1.807) is 0 Å². The molecule has 0 fully saturated rings. The van der Waals surface area contributed by atoms with Gasteiger partial charge in [-0.3, -0.25) is 0 Å². The largest absolute Gasteiger partial charge is 0.308 e. The second-order valence-corrected chi connectivity index (χ2v) is 7.68. The molecule has 0 spiro atoms. The quantitative estimate of drug-likeness (QED) is 0.297. The Hall–Kier alpha value is -3.10. The lowest BCUT2D eigenvalue weighted by atomic mass is 10.1. The Morgan fingerprint density at radius 1 is 0.538 bits per heavy atom. The maximum absolute atomic E-state index is 2.42. The normalized spacial score (nSPS) is 11.8. The number of fused-ring (bicyclic) bond motifs is 7. The standard InChI is InChI=1S/C24H15NS/c1-2-8-16(9-3-1)25-21-12-6-4-10-17(21)19-14-15-20-18-11-5-7-13-22(18)26-24(20)23(19)25/h1-15H. The minimum absolute atomic E-state index is 1.21. The zero-order chi connectivity index (χ0) is 17.1. The van der Waals surface area contributed by atoms with Crippen molar-refractivity contribution in [2.75, 3.05) is 0 Å². The Kier molecular flexibility index (Phi) is 2.82. The van der Waals surface area contributed by atoms with Crippen LogP contribution in [0.4, 0.5) is 0 Å². The first kappa shape index (κ1) is 14.1. The summed E-state index contributed by atoms with van der Waals surface area (Å²) in [6.07, 6.45) is 0. The van der Waals surface area contributed by atoms with Crippen molar-refractivity contribution in [1.29, 1.82) is 0 Å². The molecular weight excluding hydrogens is 334 g/mol. The fourth-order valence-corrected chi connectivity index (χ4v) is 5.32. The van der Waals surface area contributed by atoms with E-state index in [0.717, 1.165) is 0 Å². The van der Waals surface area contributed by atoms with E-state index in [2.05, 4.69) is 95.6 Å². The van der Waals surface area contributed by atoms with Crippen molar-refractivity contribution >= 4 is 53.3 Å². The second-order valence-electron chi connectivity index (χ2n) is 6.62. The highest BCUT2D eigenvalue weighted by Crippen LogP contribution is 2.42. The van der Waals surface area contributed by atoms with Gasteiger partial charge in [-0.1, -0.05) is 66.7 Å². The van der Waals surface area contributed by atoms with E-state index in [0.29, 0.717) is 0 Å². The van der Waals surface area contributed by atoms with Crippen molar-refractivity contribution in [2.24, 2.45) is 0 Å². The molecule has 6 rings (SSSR count). The fraction of sp³-hybridized carbons (Fsp3) is 0. The molecule has 0 radical (unpaired) electrons. The number of para-hydroxylation sites is 2. The first-order valence-corrected chi connectivity index (χ1v) is 9.62. The third kappa shape index (κ3) is 1.80. The molecular formula is C24H15NS. The SMILES string of the molecule is c1ccc(-n2c3ccccc3c3ccc4c5ccccc5sc4c32)cc1. The molecule has 1 nitrogen and oxygen atoms in total. The molecule has 0 unspecified atom stereocenters. The maximum Gasteiger partial charge on any atom is 0.0719 e. The molecule has 0 amide bonds. The Labute approximate surface area is 154 Å². The lowest BCUT2D eigenvalue weighted by Crippen LogP contribution is -1.92. The lowest BCUT2D eigenvalue weighted by molar-refractivity contribution is 1.19. The summed E-state index contributed by atoms with van der Waals surface area (Å²) in [6, 6.07) is 32.7. The lowest BCUT2D eigenvalue weighted by Gasteiger charge is -2.08. The van der Waals surface area contributed by atoms with E-state index >= 15 is 0 Å². The number of rotatable bonds is 1. The van der Waals surface area contributed by atoms with E-state index < -0.39 is 0 Å². The average molecular weight is 349 g/mol. The Morgan fingerprint density at radius 2 is 1.23 bits per heavy atom. The van der Waals surface area contributed by atoms with Gasteiger partial charge in [0.05, 0.1) is 15.7 Å². The van der Waals surface area contributed by atoms with Gasteiger partial charge in [-0.05, 0) is 24.3 Å². The highest BCUT2D eigenvalue weighted by Gasteiger charge is 2.16. The summed E-state index contributed by atoms with van der Waals surface area (Å²) in [5.41, 5.74) is 3.79. The topological polar surface area (TPSA) is 4.93 Å². The van der Waals surface area contributed by atoms with Gasteiger partial charge in [0.15, 0.2) is 0 Å². The number of hydrogen-bond acceptors (Lipinski definition) is 1. The smallest absolute Gasteiger partial charge is 0.0719 e. The van der Waals surface area contributed by atoms with Crippen LogP contribution in [0.2, 0.25) is 0 Å². The van der Waals surface area contributed by atoms with Gasteiger partial charge in [0.25, 0.3) is 0 Å². The van der Waals surface area contributed by atoms with Gasteiger partial charge in [0, 0.05) is 31.9 Å². The summed E-state index contributed by atoms with van der Waals surface area (Å²) >= 11 is 1.89. The third-order valence-electron chi connectivity index (χ3n) is 5.19. The molecule has 0 bridgehead atoms. The van der Waals surface area contributed by atoms with Crippen LogP contribution in [-0.4, -0.2) is 4.57 Å². The van der Waals surface area contributed by atoms with Crippen molar-refractivity contribution in [1.82, 2.24) is 4.57 Å². The van der Waals surface area contributed by atoms with Crippen molar-refractivity contribution in [3.63, 3.8) is 0 Å². The van der Waals surface area contributed by atoms with E-state index in [1.807, 2.05) is 11.3 Å². The van der Waals surface area contributed by atoms with Gasteiger partial charge in [0.2, 0.25) is 0 Å². The van der Waals surface area contributed by atoms with Crippen LogP contribution >= 0.6 is 11.3 Å². The molecule has 2 heteroatoms. The first-order chi connectivity index (χ1) is 12.9. The third-order valence-corrected chi connectivity index (χ3v) is 6.39. The van der Waals surface area contributed by atoms with Crippen LogP contribution in [0.1, 0.15) is 0 Å². The highest BCUT2D eigenvalue weighted by atomic mass is 32.1. The van der Waals surface area contributed by atoms with Crippen LogP contribution in [-0.2, 0) is 0 Å². The molecule has 0 saturated carbocycles. The molecule has 2 aromatic heterocycles.